The predicted molar refractivity (Wildman–Crippen MR) is 60.2 cm³/mol. The van der Waals surface area contributed by atoms with Crippen molar-refractivity contribution in [3.63, 3.8) is 0 Å². The largest absolute Gasteiger partial charge is 0.364 e. The van der Waals surface area contributed by atoms with Gasteiger partial charge in [-0.15, -0.1) is 0 Å². The molecule has 1 unspecified atom stereocenters. The van der Waals surface area contributed by atoms with Crippen LogP contribution >= 0.6 is 0 Å². The number of hydrogen-bond donors (Lipinski definition) is 1. The van der Waals surface area contributed by atoms with E-state index in [9.17, 15) is 4.39 Å². The maximum absolute atomic E-state index is 12.3. The summed E-state index contributed by atoms with van der Waals surface area (Å²) in [6, 6.07) is 11.1. The summed E-state index contributed by atoms with van der Waals surface area (Å²) in [5.74, 6) is 0. The molecule has 2 nitrogen and oxygen atoms in total. The topological polar surface area (TPSA) is 33.1 Å². The van der Waals surface area contributed by atoms with Crippen LogP contribution < -0.4 is 0 Å². The first-order chi connectivity index (χ1) is 7.75. The highest BCUT2D eigenvalue weighted by Gasteiger charge is 2.03. The molecule has 2 rings (SSSR count). The highest BCUT2D eigenvalue weighted by atomic mass is 19.1. The summed E-state index contributed by atoms with van der Waals surface area (Å²) < 4.78 is 12.3. The summed E-state index contributed by atoms with van der Waals surface area (Å²) >= 11 is 0. The second-order valence-corrected chi connectivity index (χ2v) is 3.40. The second kappa shape index (κ2) is 4.86. The standard InChI is InChI=1S/C13H11FNO/c14-13(16)9-10-1-3-11(4-2-10)12-5-7-15-8-6-12/h1-9,13,16H. The average molecular weight is 216 g/mol. The fourth-order valence-corrected chi connectivity index (χ4v) is 1.49. The van der Waals surface area contributed by atoms with Crippen LogP contribution in [0.2, 0.25) is 0 Å². The van der Waals surface area contributed by atoms with Gasteiger partial charge in [0.1, 0.15) is 0 Å². The van der Waals surface area contributed by atoms with Gasteiger partial charge in [-0.1, -0.05) is 24.3 Å². The van der Waals surface area contributed by atoms with Crippen LogP contribution in [0.4, 0.5) is 4.39 Å². The second-order valence-electron chi connectivity index (χ2n) is 3.40. The van der Waals surface area contributed by atoms with E-state index in [1.165, 1.54) is 0 Å². The Morgan fingerprint density at radius 3 is 2.12 bits per heavy atom. The fourth-order valence-electron chi connectivity index (χ4n) is 1.49. The minimum Gasteiger partial charge on any atom is -0.364 e. The molecule has 0 fully saturated rings. The van der Waals surface area contributed by atoms with Gasteiger partial charge in [-0.25, -0.2) is 4.39 Å². The van der Waals surface area contributed by atoms with Gasteiger partial charge in [-0.3, -0.25) is 4.98 Å². The van der Waals surface area contributed by atoms with Crippen molar-refractivity contribution < 1.29 is 9.50 Å². The third-order valence-electron chi connectivity index (χ3n) is 2.25. The SMILES string of the molecule is OC(F)[CH]c1ccc(-c2ccncc2)cc1. The van der Waals surface area contributed by atoms with E-state index in [1.807, 2.05) is 24.3 Å². The molecule has 0 aliphatic rings. The third kappa shape index (κ3) is 2.64. The summed E-state index contributed by atoms with van der Waals surface area (Å²) in [4.78, 5) is 3.94. The van der Waals surface area contributed by atoms with E-state index in [0.717, 1.165) is 17.5 Å². The van der Waals surface area contributed by atoms with E-state index < -0.39 is 6.36 Å². The van der Waals surface area contributed by atoms with Gasteiger partial charge in [-0.05, 0) is 28.8 Å². The number of pyridine rings is 1. The van der Waals surface area contributed by atoms with Gasteiger partial charge >= 0.3 is 0 Å². The molecule has 1 aromatic carbocycles. The number of aliphatic hydroxyl groups excluding tert-OH is 1. The smallest absolute Gasteiger partial charge is 0.204 e. The van der Waals surface area contributed by atoms with Gasteiger partial charge in [0.05, 0.1) is 6.42 Å². The molecule has 1 atom stereocenters. The quantitative estimate of drug-likeness (QED) is 0.855. The van der Waals surface area contributed by atoms with Gasteiger partial charge < -0.3 is 5.11 Å². The highest BCUT2D eigenvalue weighted by Crippen LogP contribution is 2.19. The van der Waals surface area contributed by atoms with Crippen LogP contribution in [0, 0.1) is 6.42 Å². The van der Waals surface area contributed by atoms with Gasteiger partial charge in [0, 0.05) is 12.4 Å². The minimum absolute atomic E-state index is 0.660. The summed E-state index contributed by atoms with van der Waals surface area (Å²) in [6.45, 7) is 0. The maximum atomic E-state index is 12.3. The van der Waals surface area contributed by atoms with Crippen molar-refractivity contribution >= 4 is 0 Å². The minimum atomic E-state index is -1.91. The van der Waals surface area contributed by atoms with Crippen molar-refractivity contribution in [3.8, 4) is 11.1 Å². The van der Waals surface area contributed by atoms with Crippen molar-refractivity contribution in [3.05, 3.63) is 60.8 Å². The van der Waals surface area contributed by atoms with Crippen molar-refractivity contribution in [2.24, 2.45) is 0 Å². The summed E-state index contributed by atoms with van der Waals surface area (Å²) in [6.07, 6.45) is 2.68. The van der Waals surface area contributed by atoms with Crippen LogP contribution in [0.25, 0.3) is 11.1 Å². The molecule has 0 bridgehead atoms. The van der Waals surface area contributed by atoms with E-state index in [0.29, 0.717) is 5.56 Å². The van der Waals surface area contributed by atoms with Gasteiger partial charge in [0.2, 0.25) is 6.36 Å². The van der Waals surface area contributed by atoms with E-state index in [-0.39, 0.29) is 0 Å². The Bertz CT molecular complexity index is 439. The number of hydrogen-bond acceptors (Lipinski definition) is 2. The number of rotatable bonds is 3. The molecule has 0 amide bonds. The van der Waals surface area contributed by atoms with Gasteiger partial charge in [-0.2, -0.15) is 0 Å². The first-order valence-corrected chi connectivity index (χ1v) is 4.93. The lowest BCUT2D eigenvalue weighted by Gasteiger charge is -2.04. The molecule has 0 aliphatic heterocycles. The number of halogens is 1. The van der Waals surface area contributed by atoms with Gasteiger partial charge in [0.15, 0.2) is 0 Å². The molecule has 2 aromatic rings. The molecular weight excluding hydrogens is 205 g/mol. The molecule has 1 aromatic heterocycles. The van der Waals surface area contributed by atoms with E-state index in [1.54, 1.807) is 24.5 Å². The van der Waals surface area contributed by atoms with Crippen molar-refractivity contribution in [1.82, 2.24) is 4.98 Å². The van der Waals surface area contributed by atoms with Crippen LogP contribution in [-0.4, -0.2) is 16.4 Å². The zero-order valence-corrected chi connectivity index (χ0v) is 8.55. The average Bonchev–Trinajstić information content (AvgIpc) is 2.30. The first kappa shape index (κ1) is 10.8. The Labute approximate surface area is 93.4 Å². The number of alkyl halides is 1. The first-order valence-electron chi connectivity index (χ1n) is 4.93. The van der Waals surface area contributed by atoms with E-state index in [4.69, 9.17) is 5.11 Å². The molecule has 3 heteroatoms. The number of benzene rings is 1. The van der Waals surface area contributed by atoms with Crippen LogP contribution in [-0.2, 0) is 0 Å². The monoisotopic (exact) mass is 216 g/mol. The molecule has 0 saturated carbocycles. The highest BCUT2D eigenvalue weighted by molar-refractivity contribution is 5.63. The zero-order chi connectivity index (χ0) is 11.4. The lowest BCUT2D eigenvalue weighted by molar-refractivity contribution is 0.0760. The Kier molecular flexibility index (Phi) is 3.27. The predicted octanol–water partition coefficient (Wildman–Crippen LogP) is 2.59. The molecule has 0 saturated heterocycles. The van der Waals surface area contributed by atoms with Crippen LogP contribution in [0.5, 0.6) is 0 Å². The number of nitrogens with zero attached hydrogens (tertiary/aromatic N) is 1. The van der Waals surface area contributed by atoms with Gasteiger partial charge in [0.25, 0.3) is 0 Å². The molecular formula is C13H11FNO. The maximum Gasteiger partial charge on any atom is 0.204 e. The Hall–Kier alpha value is -1.74. The Morgan fingerprint density at radius 2 is 1.56 bits per heavy atom. The molecule has 16 heavy (non-hydrogen) atoms. The number of aliphatic hydroxyl groups is 1. The van der Waals surface area contributed by atoms with Crippen molar-refractivity contribution in [1.29, 1.82) is 0 Å². The lowest BCUT2D eigenvalue weighted by atomic mass is 10.0. The Morgan fingerprint density at radius 1 is 1.00 bits per heavy atom. The molecule has 0 aliphatic carbocycles. The van der Waals surface area contributed by atoms with Crippen LogP contribution in [0.3, 0.4) is 0 Å². The third-order valence-corrected chi connectivity index (χ3v) is 2.25. The normalized spacial score (nSPS) is 12.4. The fraction of sp³-hybridized carbons (Fsp3) is 0.0769. The van der Waals surface area contributed by atoms with Crippen LogP contribution in [0.15, 0.2) is 48.8 Å². The molecule has 1 radical (unpaired) electrons. The summed E-state index contributed by atoms with van der Waals surface area (Å²) in [7, 11) is 0. The molecule has 1 heterocycles. The van der Waals surface area contributed by atoms with Crippen LogP contribution in [0.1, 0.15) is 5.56 Å². The van der Waals surface area contributed by atoms with E-state index in [2.05, 4.69) is 4.98 Å². The summed E-state index contributed by atoms with van der Waals surface area (Å²) in [5, 5.41) is 8.56. The van der Waals surface area contributed by atoms with E-state index >= 15 is 0 Å². The zero-order valence-electron chi connectivity index (χ0n) is 8.55. The van der Waals surface area contributed by atoms with Crippen molar-refractivity contribution in [2.75, 3.05) is 0 Å². The molecule has 1 N–H and O–H groups in total. The summed E-state index contributed by atoms with van der Waals surface area (Å²) in [5.41, 5.74) is 2.75. The Balaban J connectivity index is 2.20. The lowest BCUT2D eigenvalue weighted by Crippen LogP contribution is -1.98. The number of aromatic nitrogens is 1. The molecule has 0 spiro atoms. The molecule has 81 valence electrons. The van der Waals surface area contributed by atoms with Crippen molar-refractivity contribution in [2.45, 2.75) is 6.36 Å².